The van der Waals surface area contributed by atoms with E-state index in [9.17, 15) is 4.79 Å². The molecule has 1 aromatic rings. The minimum absolute atomic E-state index is 0.106. The maximum absolute atomic E-state index is 11.4. The number of ether oxygens (including phenoxy) is 1. The predicted molar refractivity (Wildman–Crippen MR) is 73.0 cm³/mol. The molecular formula is C14H21N3O2. The third kappa shape index (κ3) is 3.91. The lowest BCUT2D eigenvalue weighted by atomic mass is 10.0. The average Bonchev–Trinajstić information content (AvgIpc) is 2.63. The van der Waals surface area contributed by atoms with Crippen molar-refractivity contribution in [2.75, 3.05) is 12.4 Å². The molecule has 1 aliphatic carbocycles. The van der Waals surface area contributed by atoms with E-state index in [0.717, 1.165) is 18.8 Å². The highest BCUT2D eigenvalue weighted by molar-refractivity contribution is 5.85. The lowest BCUT2D eigenvalue weighted by Crippen LogP contribution is -2.20. The predicted octanol–water partition coefficient (Wildman–Crippen LogP) is 2.64. The first-order valence-electron chi connectivity index (χ1n) is 6.87. The van der Waals surface area contributed by atoms with E-state index in [1.807, 2.05) is 0 Å². The van der Waals surface area contributed by atoms with Gasteiger partial charge in [0.05, 0.1) is 7.11 Å². The Bertz CT molecular complexity index is 436. The number of rotatable bonds is 3. The Morgan fingerprint density at radius 1 is 1.37 bits per heavy atom. The molecule has 0 spiro atoms. The zero-order valence-electron chi connectivity index (χ0n) is 11.6. The molecule has 1 fully saturated rings. The summed E-state index contributed by atoms with van der Waals surface area (Å²) in [6, 6.07) is 2.23. The molecule has 1 aliphatic rings. The smallest absolute Gasteiger partial charge is 0.376 e. The number of carbonyl (C=O) groups excluding carboxylic acids is 1. The largest absolute Gasteiger partial charge is 0.463 e. The van der Waals surface area contributed by atoms with Crippen LogP contribution in [0.25, 0.3) is 0 Å². The van der Waals surface area contributed by atoms with Gasteiger partial charge in [-0.2, -0.15) is 0 Å². The molecule has 5 heteroatoms. The molecule has 1 aromatic heterocycles. The highest BCUT2D eigenvalue weighted by atomic mass is 16.5. The number of hydrogen-bond donors (Lipinski definition) is 1. The highest BCUT2D eigenvalue weighted by Crippen LogP contribution is 2.24. The van der Waals surface area contributed by atoms with E-state index in [1.54, 1.807) is 12.3 Å². The van der Waals surface area contributed by atoms with Crippen molar-refractivity contribution in [2.24, 2.45) is 5.92 Å². The van der Waals surface area contributed by atoms with Crippen LogP contribution in [0.15, 0.2) is 12.3 Å². The van der Waals surface area contributed by atoms with Crippen molar-refractivity contribution < 1.29 is 9.53 Å². The summed E-state index contributed by atoms with van der Waals surface area (Å²) in [5.41, 5.74) is 0. The Morgan fingerprint density at radius 2 is 2.21 bits per heavy atom. The van der Waals surface area contributed by atoms with Crippen LogP contribution in [0.3, 0.4) is 0 Å². The summed E-state index contributed by atoms with van der Waals surface area (Å²) in [6.07, 6.45) is 7.68. The molecule has 0 amide bonds. The second kappa shape index (κ2) is 6.50. The molecule has 2 rings (SSSR count). The SMILES string of the molecule is COC(=O)c1nccc(NC2CCCC(C)CC2)n1. The van der Waals surface area contributed by atoms with Crippen LogP contribution >= 0.6 is 0 Å². The maximum atomic E-state index is 11.4. The minimum atomic E-state index is -0.502. The van der Waals surface area contributed by atoms with Crippen molar-refractivity contribution in [3.63, 3.8) is 0 Å². The molecule has 1 N–H and O–H groups in total. The van der Waals surface area contributed by atoms with Crippen LogP contribution in [0.5, 0.6) is 0 Å². The molecule has 2 atom stereocenters. The van der Waals surface area contributed by atoms with E-state index in [4.69, 9.17) is 0 Å². The van der Waals surface area contributed by atoms with Crippen LogP contribution in [0.4, 0.5) is 5.82 Å². The Hall–Kier alpha value is -1.65. The Morgan fingerprint density at radius 3 is 3.00 bits per heavy atom. The van der Waals surface area contributed by atoms with Crippen molar-refractivity contribution in [3.8, 4) is 0 Å². The van der Waals surface area contributed by atoms with Crippen LogP contribution < -0.4 is 5.32 Å². The van der Waals surface area contributed by atoms with Crippen LogP contribution in [0.1, 0.15) is 49.6 Å². The van der Waals surface area contributed by atoms with Gasteiger partial charge in [-0.3, -0.25) is 0 Å². The summed E-state index contributed by atoms with van der Waals surface area (Å²) in [5, 5.41) is 3.40. The normalized spacial score (nSPS) is 23.5. The lowest BCUT2D eigenvalue weighted by molar-refractivity contribution is 0.0587. The number of nitrogens with one attached hydrogen (secondary N) is 1. The van der Waals surface area contributed by atoms with Crippen molar-refractivity contribution in [2.45, 2.75) is 45.1 Å². The standard InChI is InChI=1S/C14H21N3O2/c1-10-4-3-5-11(7-6-10)16-12-8-9-15-13(17-12)14(18)19-2/h8-11H,3-7H2,1-2H3,(H,15,16,17). The van der Waals surface area contributed by atoms with Gasteiger partial charge in [0, 0.05) is 12.2 Å². The molecule has 5 nitrogen and oxygen atoms in total. The minimum Gasteiger partial charge on any atom is -0.463 e. The molecule has 0 bridgehead atoms. The third-order valence-corrected chi connectivity index (χ3v) is 3.63. The molecule has 1 saturated carbocycles. The second-order valence-corrected chi connectivity index (χ2v) is 5.21. The molecule has 0 aliphatic heterocycles. The van der Waals surface area contributed by atoms with Gasteiger partial charge >= 0.3 is 5.97 Å². The number of carbonyl (C=O) groups is 1. The summed E-state index contributed by atoms with van der Waals surface area (Å²) in [4.78, 5) is 19.5. The van der Waals surface area contributed by atoms with Gasteiger partial charge in [-0.15, -0.1) is 0 Å². The number of esters is 1. The number of anilines is 1. The molecule has 2 unspecified atom stereocenters. The fourth-order valence-electron chi connectivity index (χ4n) is 2.47. The van der Waals surface area contributed by atoms with E-state index in [0.29, 0.717) is 11.9 Å². The summed E-state index contributed by atoms with van der Waals surface area (Å²) >= 11 is 0. The summed E-state index contributed by atoms with van der Waals surface area (Å²) in [7, 11) is 1.33. The summed E-state index contributed by atoms with van der Waals surface area (Å²) < 4.78 is 4.62. The number of methoxy groups -OCH3 is 1. The molecule has 104 valence electrons. The quantitative estimate of drug-likeness (QED) is 0.671. The molecule has 1 heterocycles. The van der Waals surface area contributed by atoms with Gasteiger partial charge in [-0.25, -0.2) is 14.8 Å². The van der Waals surface area contributed by atoms with Crippen molar-refractivity contribution in [1.82, 2.24) is 9.97 Å². The highest BCUT2D eigenvalue weighted by Gasteiger charge is 2.17. The van der Waals surface area contributed by atoms with Crippen LogP contribution in [0, 0.1) is 5.92 Å². The van der Waals surface area contributed by atoms with E-state index < -0.39 is 5.97 Å². The fraction of sp³-hybridized carbons (Fsp3) is 0.643. The van der Waals surface area contributed by atoms with Crippen molar-refractivity contribution in [1.29, 1.82) is 0 Å². The van der Waals surface area contributed by atoms with Crippen molar-refractivity contribution >= 4 is 11.8 Å². The van der Waals surface area contributed by atoms with E-state index in [2.05, 4.69) is 26.9 Å². The monoisotopic (exact) mass is 263 g/mol. The first-order valence-corrected chi connectivity index (χ1v) is 6.87. The number of aromatic nitrogens is 2. The van der Waals surface area contributed by atoms with Gasteiger partial charge in [0.2, 0.25) is 5.82 Å². The molecule has 0 saturated heterocycles. The van der Waals surface area contributed by atoms with E-state index >= 15 is 0 Å². The van der Waals surface area contributed by atoms with Gasteiger partial charge in [0.15, 0.2) is 0 Å². The third-order valence-electron chi connectivity index (χ3n) is 3.63. The topological polar surface area (TPSA) is 64.1 Å². The Labute approximate surface area is 113 Å². The average molecular weight is 263 g/mol. The number of hydrogen-bond acceptors (Lipinski definition) is 5. The summed E-state index contributed by atoms with van der Waals surface area (Å²) in [5.74, 6) is 1.12. The zero-order chi connectivity index (χ0) is 13.7. The number of nitrogens with zero attached hydrogens (tertiary/aromatic N) is 2. The van der Waals surface area contributed by atoms with Crippen LogP contribution in [-0.2, 0) is 4.74 Å². The first-order chi connectivity index (χ1) is 9.19. The first kappa shape index (κ1) is 13.8. The van der Waals surface area contributed by atoms with E-state index in [-0.39, 0.29) is 5.82 Å². The van der Waals surface area contributed by atoms with Gasteiger partial charge in [-0.05, 0) is 31.2 Å². The maximum Gasteiger partial charge on any atom is 0.376 e. The van der Waals surface area contributed by atoms with E-state index in [1.165, 1.54) is 26.4 Å². The molecule has 0 aromatic carbocycles. The van der Waals surface area contributed by atoms with Crippen molar-refractivity contribution in [3.05, 3.63) is 18.1 Å². The van der Waals surface area contributed by atoms with Gasteiger partial charge in [-0.1, -0.05) is 19.8 Å². The lowest BCUT2D eigenvalue weighted by Gasteiger charge is -2.17. The Kier molecular flexibility index (Phi) is 4.71. The fourth-order valence-corrected chi connectivity index (χ4v) is 2.47. The zero-order valence-corrected chi connectivity index (χ0v) is 11.6. The second-order valence-electron chi connectivity index (χ2n) is 5.21. The van der Waals surface area contributed by atoms with Crippen LogP contribution in [-0.4, -0.2) is 29.1 Å². The van der Waals surface area contributed by atoms with Gasteiger partial charge in [0.1, 0.15) is 5.82 Å². The van der Waals surface area contributed by atoms with Gasteiger partial charge < -0.3 is 10.1 Å². The molecule has 0 radical (unpaired) electrons. The Balaban J connectivity index is 2.00. The molecular weight excluding hydrogens is 242 g/mol. The van der Waals surface area contributed by atoms with Gasteiger partial charge in [0.25, 0.3) is 0 Å². The van der Waals surface area contributed by atoms with Crippen LogP contribution in [0.2, 0.25) is 0 Å². The summed E-state index contributed by atoms with van der Waals surface area (Å²) in [6.45, 7) is 2.31. The molecule has 19 heavy (non-hydrogen) atoms.